The molecule has 0 fully saturated rings. The summed E-state index contributed by atoms with van der Waals surface area (Å²) < 4.78 is 86.0. The summed E-state index contributed by atoms with van der Waals surface area (Å²) in [4.78, 5) is 5.85. The summed E-state index contributed by atoms with van der Waals surface area (Å²) in [5.74, 6) is 0. The first-order valence-electron chi connectivity index (χ1n) is 3.68. The van der Waals surface area contributed by atoms with E-state index in [4.69, 9.17) is 0 Å². The van der Waals surface area contributed by atoms with Gasteiger partial charge in [0.05, 0.1) is 0 Å². The van der Waals surface area contributed by atoms with Crippen LogP contribution >= 0.6 is 0 Å². The Morgan fingerprint density at radius 2 is 1.12 bits per heavy atom. The normalized spacial score (nSPS) is 13.9. The van der Waals surface area contributed by atoms with Crippen molar-refractivity contribution >= 4 is 0 Å². The second kappa shape index (κ2) is 3.56. The Labute approximate surface area is 84.1 Å². The first-order chi connectivity index (χ1) is 7.11. The molecule has 16 heavy (non-hydrogen) atoms. The van der Waals surface area contributed by atoms with Crippen LogP contribution in [0.25, 0.3) is 0 Å². The van der Waals surface area contributed by atoms with E-state index in [-0.39, 0.29) is 12.4 Å². The number of halogens is 7. The van der Waals surface area contributed by atoms with Crippen molar-refractivity contribution in [2.24, 2.45) is 0 Å². The van der Waals surface area contributed by atoms with Crippen LogP contribution in [0, 0.1) is 0 Å². The fraction of sp³-hybridized carbons (Fsp3) is 0.429. The largest absolute Gasteiger partial charge is 0.436 e. The summed E-state index contributed by atoms with van der Waals surface area (Å²) in [6.07, 6.45) is -11.3. The van der Waals surface area contributed by atoms with Gasteiger partial charge in [0.25, 0.3) is 0 Å². The van der Waals surface area contributed by atoms with E-state index in [0.717, 1.165) is 0 Å². The first kappa shape index (κ1) is 12.7. The van der Waals surface area contributed by atoms with Gasteiger partial charge in [-0.15, -0.1) is 0 Å². The van der Waals surface area contributed by atoms with Crippen LogP contribution in [0.4, 0.5) is 30.7 Å². The van der Waals surface area contributed by atoms with Crippen molar-refractivity contribution in [2.45, 2.75) is 18.0 Å². The minimum absolute atomic E-state index is 0.133. The number of rotatable bonds is 1. The highest BCUT2D eigenvalue weighted by Gasteiger charge is 2.73. The highest BCUT2D eigenvalue weighted by molar-refractivity contribution is 5.20. The molecular formula is C7H3F7N2. The van der Waals surface area contributed by atoms with E-state index >= 15 is 0 Å². The van der Waals surface area contributed by atoms with Crippen LogP contribution in [0.2, 0.25) is 0 Å². The van der Waals surface area contributed by atoms with Gasteiger partial charge < -0.3 is 0 Å². The standard InChI is InChI=1S/C7H3F7N2/c8-5(6(9,10)11,7(12,13)14)4-1-15-3-16-2-4/h1-3H. The van der Waals surface area contributed by atoms with Gasteiger partial charge in [0.2, 0.25) is 0 Å². The summed E-state index contributed by atoms with van der Waals surface area (Å²) in [7, 11) is 0. The third-order valence-corrected chi connectivity index (χ3v) is 1.74. The van der Waals surface area contributed by atoms with Crippen molar-refractivity contribution in [3.8, 4) is 0 Å². The maximum Gasteiger partial charge on any atom is 0.436 e. The second-order valence-electron chi connectivity index (χ2n) is 2.78. The van der Waals surface area contributed by atoms with Crippen molar-refractivity contribution in [3.63, 3.8) is 0 Å². The van der Waals surface area contributed by atoms with E-state index in [2.05, 4.69) is 9.97 Å². The molecule has 0 unspecified atom stereocenters. The fourth-order valence-corrected chi connectivity index (χ4v) is 0.965. The molecule has 0 saturated heterocycles. The molecule has 0 saturated carbocycles. The molecule has 0 radical (unpaired) electrons. The van der Waals surface area contributed by atoms with Crippen molar-refractivity contribution < 1.29 is 30.7 Å². The van der Waals surface area contributed by atoms with E-state index in [9.17, 15) is 30.7 Å². The van der Waals surface area contributed by atoms with Crippen LogP contribution in [0.15, 0.2) is 18.7 Å². The van der Waals surface area contributed by atoms with Gasteiger partial charge in [0, 0.05) is 18.0 Å². The van der Waals surface area contributed by atoms with E-state index in [1.54, 1.807) is 0 Å². The Hall–Kier alpha value is -1.41. The highest BCUT2D eigenvalue weighted by atomic mass is 19.4. The molecule has 0 amide bonds. The molecule has 0 atom stereocenters. The monoisotopic (exact) mass is 248 g/mol. The maximum absolute atomic E-state index is 13.2. The highest BCUT2D eigenvalue weighted by Crippen LogP contribution is 2.52. The number of hydrogen-bond acceptors (Lipinski definition) is 2. The van der Waals surface area contributed by atoms with E-state index in [1.165, 1.54) is 0 Å². The first-order valence-corrected chi connectivity index (χ1v) is 3.68. The van der Waals surface area contributed by atoms with Gasteiger partial charge in [-0.25, -0.2) is 14.4 Å². The Morgan fingerprint density at radius 1 is 0.750 bits per heavy atom. The summed E-state index contributed by atoms with van der Waals surface area (Å²) in [5.41, 5.74) is -7.16. The molecular weight excluding hydrogens is 245 g/mol. The molecule has 2 nitrogen and oxygen atoms in total. The van der Waals surface area contributed by atoms with Crippen LogP contribution in [0.5, 0.6) is 0 Å². The molecule has 0 aliphatic carbocycles. The number of alkyl halides is 7. The lowest BCUT2D eigenvalue weighted by atomic mass is 9.97. The van der Waals surface area contributed by atoms with Crippen molar-refractivity contribution in [1.29, 1.82) is 0 Å². The zero-order valence-corrected chi connectivity index (χ0v) is 7.27. The van der Waals surface area contributed by atoms with Gasteiger partial charge in [-0.05, 0) is 0 Å². The molecule has 1 aromatic heterocycles. The van der Waals surface area contributed by atoms with Crippen molar-refractivity contribution in [3.05, 3.63) is 24.3 Å². The van der Waals surface area contributed by atoms with Gasteiger partial charge in [0.15, 0.2) is 0 Å². The van der Waals surface area contributed by atoms with Crippen molar-refractivity contribution in [1.82, 2.24) is 9.97 Å². The van der Waals surface area contributed by atoms with Crippen LogP contribution in [-0.2, 0) is 5.67 Å². The quantitative estimate of drug-likeness (QED) is 0.714. The molecule has 0 spiro atoms. The van der Waals surface area contributed by atoms with Crippen LogP contribution < -0.4 is 0 Å². The minimum atomic E-state index is -6.13. The molecule has 0 N–H and O–H groups in total. The Morgan fingerprint density at radius 3 is 1.44 bits per heavy atom. The molecule has 0 aromatic carbocycles. The van der Waals surface area contributed by atoms with E-state index < -0.39 is 23.6 Å². The third-order valence-electron chi connectivity index (χ3n) is 1.74. The van der Waals surface area contributed by atoms with Gasteiger partial charge in [-0.1, -0.05) is 0 Å². The number of hydrogen-bond donors (Lipinski definition) is 0. The van der Waals surface area contributed by atoms with Gasteiger partial charge in [0.1, 0.15) is 6.33 Å². The smallest absolute Gasteiger partial charge is 0.244 e. The van der Waals surface area contributed by atoms with Gasteiger partial charge in [-0.3, -0.25) is 0 Å². The number of nitrogens with zero attached hydrogens (tertiary/aromatic N) is 2. The van der Waals surface area contributed by atoms with Crippen molar-refractivity contribution in [2.75, 3.05) is 0 Å². The Kier molecular flexibility index (Phi) is 2.82. The summed E-state index contributed by atoms with van der Waals surface area (Å²) in [5, 5.41) is 0. The topological polar surface area (TPSA) is 25.8 Å². The van der Waals surface area contributed by atoms with Gasteiger partial charge in [-0.2, -0.15) is 26.3 Å². The Bertz CT molecular complexity index is 341. The minimum Gasteiger partial charge on any atom is -0.244 e. The molecule has 1 rings (SSSR count). The number of aromatic nitrogens is 2. The predicted octanol–water partition coefficient (Wildman–Crippen LogP) is 2.77. The third kappa shape index (κ3) is 1.81. The van der Waals surface area contributed by atoms with Crippen LogP contribution in [0.3, 0.4) is 0 Å². The Balaban J connectivity index is 3.39. The average Bonchev–Trinajstić information content (AvgIpc) is 2.14. The average molecular weight is 248 g/mol. The summed E-state index contributed by atoms with van der Waals surface area (Å²) >= 11 is 0. The van der Waals surface area contributed by atoms with Gasteiger partial charge >= 0.3 is 18.0 Å². The second-order valence-corrected chi connectivity index (χ2v) is 2.78. The van der Waals surface area contributed by atoms with Crippen LogP contribution in [-0.4, -0.2) is 22.3 Å². The zero-order valence-electron chi connectivity index (χ0n) is 7.27. The molecule has 1 heterocycles. The molecule has 9 heteroatoms. The molecule has 90 valence electrons. The van der Waals surface area contributed by atoms with Crippen LogP contribution in [0.1, 0.15) is 5.56 Å². The molecule has 0 bridgehead atoms. The fourth-order valence-electron chi connectivity index (χ4n) is 0.965. The lowest BCUT2D eigenvalue weighted by Gasteiger charge is -2.29. The predicted molar refractivity (Wildman–Crippen MR) is 36.9 cm³/mol. The summed E-state index contributed by atoms with van der Waals surface area (Å²) in [6.45, 7) is 0. The zero-order chi connectivity index (χ0) is 12.6. The molecule has 1 aromatic rings. The summed E-state index contributed by atoms with van der Waals surface area (Å²) in [6, 6.07) is 0. The maximum atomic E-state index is 13.2. The van der Waals surface area contributed by atoms with E-state index in [0.29, 0.717) is 6.33 Å². The molecule has 0 aliphatic heterocycles. The lowest BCUT2D eigenvalue weighted by Crippen LogP contribution is -2.50. The molecule has 0 aliphatic rings. The lowest BCUT2D eigenvalue weighted by molar-refractivity contribution is -0.348. The SMILES string of the molecule is FC(F)(F)C(F)(c1cncnc1)C(F)(F)F. The van der Waals surface area contributed by atoms with E-state index in [1.807, 2.05) is 0 Å².